The van der Waals surface area contributed by atoms with E-state index in [0.717, 1.165) is 4.90 Å². The molecule has 2 N–H and O–H groups in total. The van der Waals surface area contributed by atoms with Crippen molar-refractivity contribution >= 4 is 23.9 Å². The quantitative estimate of drug-likeness (QED) is 0.649. The van der Waals surface area contributed by atoms with E-state index in [-0.39, 0.29) is 19.1 Å². The van der Waals surface area contributed by atoms with Gasteiger partial charge >= 0.3 is 12.1 Å². The lowest BCUT2D eigenvalue weighted by molar-refractivity contribution is -0.144. The number of hydrogen-bond donors (Lipinski definition) is 2. The summed E-state index contributed by atoms with van der Waals surface area (Å²) in [5.74, 6) is -0.962. The highest BCUT2D eigenvalue weighted by molar-refractivity contribution is 6.20. The highest BCUT2D eigenvalue weighted by Gasteiger charge is 2.62. The average Bonchev–Trinajstić information content (AvgIpc) is 3.12. The minimum Gasteiger partial charge on any atom is -0.336 e. The first kappa shape index (κ1) is 13.3. The molecule has 2 aliphatic rings. The Morgan fingerprint density at radius 3 is 2.53 bits per heavy atom. The standard InChI is InChI=1S/C11H16N4O4/c1-14(2)9(18)12-5-6-15-8(17)11(3-4-11)7(16)13-10(15)19/h3-6H2,1-2H3,(H,12,18)(H,13,16,19). The summed E-state index contributed by atoms with van der Waals surface area (Å²) in [4.78, 5) is 48.8. The van der Waals surface area contributed by atoms with Gasteiger partial charge in [-0.3, -0.25) is 19.8 Å². The number of carbonyl (C=O) groups is 4. The number of carbonyl (C=O) groups excluding carboxylic acids is 4. The van der Waals surface area contributed by atoms with E-state index in [0.29, 0.717) is 12.8 Å². The topological polar surface area (TPSA) is 98.8 Å². The van der Waals surface area contributed by atoms with Gasteiger partial charge in [-0.25, -0.2) is 9.59 Å². The minimum absolute atomic E-state index is 0.0548. The predicted molar refractivity (Wildman–Crippen MR) is 64.0 cm³/mol. The SMILES string of the molecule is CN(C)C(=O)NCCN1C(=O)NC(=O)C2(CC2)C1=O. The number of rotatable bonds is 3. The maximum Gasteiger partial charge on any atom is 0.330 e. The fraction of sp³-hybridized carbons (Fsp3) is 0.636. The van der Waals surface area contributed by atoms with Gasteiger partial charge in [0.25, 0.3) is 0 Å². The van der Waals surface area contributed by atoms with Gasteiger partial charge in [0.15, 0.2) is 0 Å². The van der Waals surface area contributed by atoms with Crippen molar-refractivity contribution in [3.8, 4) is 0 Å². The molecular weight excluding hydrogens is 252 g/mol. The zero-order valence-corrected chi connectivity index (χ0v) is 10.9. The van der Waals surface area contributed by atoms with Crippen LogP contribution in [0.25, 0.3) is 0 Å². The molecule has 2 rings (SSSR count). The maximum atomic E-state index is 12.1. The van der Waals surface area contributed by atoms with Crippen LogP contribution in [0.2, 0.25) is 0 Å². The van der Waals surface area contributed by atoms with Crippen LogP contribution in [0.5, 0.6) is 0 Å². The Morgan fingerprint density at radius 1 is 1.37 bits per heavy atom. The molecule has 8 heteroatoms. The van der Waals surface area contributed by atoms with Crippen LogP contribution in [-0.2, 0) is 9.59 Å². The summed E-state index contributed by atoms with van der Waals surface area (Å²) in [5.41, 5.74) is -1.03. The zero-order chi connectivity index (χ0) is 14.2. The third-order valence-corrected chi connectivity index (χ3v) is 3.32. The fourth-order valence-corrected chi connectivity index (χ4v) is 1.93. The molecule has 1 saturated carbocycles. The lowest BCUT2D eigenvalue weighted by Crippen LogP contribution is -2.60. The van der Waals surface area contributed by atoms with E-state index >= 15 is 0 Å². The molecular formula is C11H16N4O4. The zero-order valence-electron chi connectivity index (χ0n) is 10.9. The normalized spacial score (nSPS) is 20.3. The first-order chi connectivity index (χ1) is 8.88. The Bertz CT molecular complexity index is 456. The van der Waals surface area contributed by atoms with Crippen molar-refractivity contribution in [2.75, 3.05) is 27.2 Å². The van der Waals surface area contributed by atoms with E-state index in [1.54, 1.807) is 14.1 Å². The second-order valence-corrected chi connectivity index (χ2v) is 4.92. The lowest BCUT2D eigenvalue weighted by atomic mass is 10.0. The molecule has 0 unspecified atom stereocenters. The first-order valence-corrected chi connectivity index (χ1v) is 6.01. The van der Waals surface area contributed by atoms with E-state index in [9.17, 15) is 19.2 Å². The number of urea groups is 2. The molecule has 0 aromatic rings. The molecule has 1 heterocycles. The molecule has 0 atom stereocenters. The predicted octanol–water partition coefficient (Wildman–Crippen LogP) is -0.884. The largest absolute Gasteiger partial charge is 0.336 e. The van der Waals surface area contributed by atoms with Gasteiger partial charge in [-0.05, 0) is 12.8 Å². The van der Waals surface area contributed by atoms with Crippen LogP contribution in [0.1, 0.15) is 12.8 Å². The van der Waals surface area contributed by atoms with Crippen LogP contribution in [0.15, 0.2) is 0 Å². The molecule has 2 fully saturated rings. The second kappa shape index (κ2) is 4.52. The van der Waals surface area contributed by atoms with Crippen molar-refractivity contribution in [3.05, 3.63) is 0 Å². The molecule has 8 nitrogen and oxygen atoms in total. The molecule has 0 radical (unpaired) electrons. The van der Waals surface area contributed by atoms with Gasteiger partial charge in [0.05, 0.1) is 0 Å². The smallest absolute Gasteiger partial charge is 0.330 e. The van der Waals surface area contributed by atoms with Crippen LogP contribution in [0.4, 0.5) is 9.59 Å². The molecule has 0 bridgehead atoms. The molecule has 1 saturated heterocycles. The molecule has 1 aliphatic heterocycles. The Balaban J connectivity index is 1.93. The van der Waals surface area contributed by atoms with Crippen molar-refractivity contribution < 1.29 is 19.2 Å². The summed E-state index contributed by atoms with van der Waals surface area (Å²) >= 11 is 0. The van der Waals surface area contributed by atoms with Crippen molar-refractivity contribution in [2.45, 2.75) is 12.8 Å². The summed E-state index contributed by atoms with van der Waals surface area (Å²) in [6.07, 6.45) is 0.955. The highest BCUT2D eigenvalue weighted by atomic mass is 16.2. The number of barbiturate groups is 1. The Kier molecular flexibility index (Phi) is 3.17. The lowest BCUT2D eigenvalue weighted by Gasteiger charge is -2.30. The minimum atomic E-state index is -1.03. The highest BCUT2D eigenvalue weighted by Crippen LogP contribution is 2.48. The molecule has 0 aromatic heterocycles. The monoisotopic (exact) mass is 268 g/mol. The van der Waals surface area contributed by atoms with Gasteiger partial charge in [-0.1, -0.05) is 0 Å². The van der Waals surface area contributed by atoms with Crippen molar-refractivity contribution in [1.29, 1.82) is 0 Å². The third kappa shape index (κ3) is 2.25. The van der Waals surface area contributed by atoms with Gasteiger partial charge in [0.2, 0.25) is 11.8 Å². The summed E-state index contributed by atoms with van der Waals surface area (Å²) < 4.78 is 0. The van der Waals surface area contributed by atoms with Crippen LogP contribution in [0.3, 0.4) is 0 Å². The second-order valence-electron chi connectivity index (χ2n) is 4.92. The van der Waals surface area contributed by atoms with E-state index in [4.69, 9.17) is 0 Å². The van der Waals surface area contributed by atoms with Crippen LogP contribution >= 0.6 is 0 Å². The number of nitrogens with zero attached hydrogens (tertiary/aromatic N) is 2. The van der Waals surface area contributed by atoms with Gasteiger partial charge in [0, 0.05) is 27.2 Å². The first-order valence-electron chi connectivity index (χ1n) is 6.01. The molecule has 104 valence electrons. The molecule has 0 aromatic carbocycles. The van der Waals surface area contributed by atoms with Crippen molar-refractivity contribution in [2.24, 2.45) is 5.41 Å². The fourth-order valence-electron chi connectivity index (χ4n) is 1.93. The van der Waals surface area contributed by atoms with Crippen LogP contribution in [0, 0.1) is 5.41 Å². The summed E-state index contributed by atoms with van der Waals surface area (Å²) in [5, 5.41) is 4.74. The van der Waals surface area contributed by atoms with E-state index in [1.807, 2.05) is 0 Å². The van der Waals surface area contributed by atoms with Crippen molar-refractivity contribution in [3.63, 3.8) is 0 Å². The number of amides is 6. The van der Waals surface area contributed by atoms with Gasteiger partial charge < -0.3 is 10.2 Å². The number of imide groups is 2. The van der Waals surface area contributed by atoms with E-state index in [2.05, 4.69) is 10.6 Å². The molecule has 1 spiro atoms. The third-order valence-electron chi connectivity index (χ3n) is 3.32. The molecule has 19 heavy (non-hydrogen) atoms. The number of nitrogens with one attached hydrogen (secondary N) is 2. The summed E-state index contributed by atoms with van der Waals surface area (Å²) in [6.45, 7) is 0.208. The van der Waals surface area contributed by atoms with Crippen LogP contribution in [-0.4, -0.2) is 60.9 Å². The van der Waals surface area contributed by atoms with Crippen LogP contribution < -0.4 is 10.6 Å². The maximum absolute atomic E-state index is 12.1. The Morgan fingerprint density at radius 2 is 2.00 bits per heavy atom. The number of hydrogen-bond acceptors (Lipinski definition) is 4. The summed E-state index contributed by atoms with van der Waals surface area (Å²) in [7, 11) is 3.18. The Labute approximate surface area is 110 Å². The van der Waals surface area contributed by atoms with Gasteiger partial charge in [0.1, 0.15) is 5.41 Å². The Hall–Kier alpha value is -2.12. The van der Waals surface area contributed by atoms with E-state index in [1.165, 1.54) is 4.90 Å². The van der Waals surface area contributed by atoms with Gasteiger partial charge in [-0.2, -0.15) is 0 Å². The molecule has 6 amide bonds. The van der Waals surface area contributed by atoms with Crippen molar-refractivity contribution in [1.82, 2.24) is 20.4 Å². The van der Waals surface area contributed by atoms with Gasteiger partial charge in [-0.15, -0.1) is 0 Å². The van der Waals surface area contributed by atoms with E-state index < -0.39 is 23.3 Å². The molecule has 1 aliphatic carbocycles. The summed E-state index contributed by atoms with van der Waals surface area (Å²) in [6, 6.07) is -1.02. The average molecular weight is 268 g/mol.